The Labute approximate surface area is 131 Å². The number of hydrogen-bond donors (Lipinski definition) is 2. The van der Waals surface area contributed by atoms with Gasteiger partial charge in [-0.15, -0.1) is 0 Å². The van der Waals surface area contributed by atoms with Crippen LogP contribution in [0.4, 0.5) is 17.1 Å². The second-order valence-electron chi connectivity index (χ2n) is 5.27. The first-order chi connectivity index (χ1) is 10.6. The van der Waals surface area contributed by atoms with Crippen LogP contribution in [0.2, 0.25) is 0 Å². The molecule has 0 radical (unpaired) electrons. The zero-order valence-electron chi connectivity index (χ0n) is 13.2. The Morgan fingerprint density at radius 1 is 1.05 bits per heavy atom. The predicted octanol–water partition coefficient (Wildman–Crippen LogP) is 4.57. The molecule has 0 atom stereocenters. The summed E-state index contributed by atoms with van der Waals surface area (Å²) in [6, 6.07) is 15.4. The van der Waals surface area contributed by atoms with Crippen molar-refractivity contribution in [3.63, 3.8) is 0 Å². The maximum absolute atomic E-state index is 11.4. The van der Waals surface area contributed by atoms with E-state index in [2.05, 4.69) is 10.6 Å². The minimum atomic E-state index is 0.0105. The second kappa shape index (κ2) is 7.50. The number of para-hydroxylation sites is 2. The highest BCUT2D eigenvalue weighted by atomic mass is 16.5. The van der Waals surface area contributed by atoms with E-state index in [0.717, 1.165) is 22.8 Å². The summed E-state index contributed by atoms with van der Waals surface area (Å²) in [5.41, 5.74) is 2.65. The van der Waals surface area contributed by atoms with Crippen LogP contribution in [0.3, 0.4) is 0 Å². The van der Waals surface area contributed by atoms with E-state index < -0.39 is 0 Å². The highest BCUT2D eigenvalue weighted by molar-refractivity contribution is 5.90. The molecule has 0 bridgehead atoms. The number of benzene rings is 2. The first-order valence-electron chi connectivity index (χ1n) is 7.51. The van der Waals surface area contributed by atoms with Gasteiger partial charge in [0.1, 0.15) is 5.75 Å². The van der Waals surface area contributed by atoms with Gasteiger partial charge in [-0.25, -0.2) is 0 Å². The van der Waals surface area contributed by atoms with Crippen LogP contribution in [0.15, 0.2) is 48.5 Å². The summed E-state index contributed by atoms with van der Waals surface area (Å²) in [4.78, 5) is 11.4. The molecule has 0 aliphatic rings. The van der Waals surface area contributed by atoms with Gasteiger partial charge in [0.05, 0.1) is 11.8 Å². The standard InChI is InChI=1S/C18H22N2O2/c1-4-18(21)20-15-11-9-14(10-12-15)19-16-7-5-6-8-17(16)22-13(2)3/h5-13,19H,4H2,1-3H3,(H,20,21). The predicted molar refractivity (Wildman–Crippen MR) is 90.9 cm³/mol. The Kier molecular flexibility index (Phi) is 5.42. The van der Waals surface area contributed by atoms with E-state index in [0.29, 0.717) is 6.42 Å². The van der Waals surface area contributed by atoms with Crippen LogP contribution in [0, 0.1) is 0 Å². The van der Waals surface area contributed by atoms with Crippen LogP contribution >= 0.6 is 0 Å². The highest BCUT2D eigenvalue weighted by Crippen LogP contribution is 2.28. The van der Waals surface area contributed by atoms with Crippen molar-refractivity contribution >= 4 is 23.0 Å². The summed E-state index contributed by atoms with van der Waals surface area (Å²) >= 11 is 0. The molecule has 0 saturated heterocycles. The lowest BCUT2D eigenvalue weighted by Gasteiger charge is -2.15. The fraction of sp³-hybridized carbons (Fsp3) is 0.278. The van der Waals surface area contributed by atoms with Gasteiger partial charge in [0.15, 0.2) is 0 Å². The minimum absolute atomic E-state index is 0.0105. The normalized spacial score (nSPS) is 10.4. The summed E-state index contributed by atoms with van der Waals surface area (Å²) in [6.07, 6.45) is 0.592. The third kappa shape index (κ3) is 4.52. The van der Waals surface area contributed by atoms with Gasteiger partial charge >= 0.3 is 0 Å². The lowest BCUT2D eigenvalue weighted by Crippen LogP contribution is -2.09. The fourth-order valence-corrected chi connectivity index (χ4v) is 1.97. The molecule has 0 aliphatic carbocycles. The molecule has 1 amide bonds. The van der Waals surface area contributed by atoms with Crippen molar-refractivity contribution < 1.29 is 9.53 Å². The Bertz CT molecular complexity index is 621. The van der Waals surface area contributed by atoms with Crippen LogP contribution in [-0.2, 0) is 4.79 Å². The molecule has 2 aromatic carbocycles. The molecule has 0 heterocycles. The molecule has 0 saturated carbocycles. The van der Waals surface area contributed by atoms with Gasteiger partial charge in [0, 0.05) is 17.8 Å². The summed E-state index contributed by atoms with van der Waals surface area (Å²) in [5.74, 6) is 0.831. The fourth-order valence-electron chi connectivity index (χ4n) is 1.97. The van der Waals surface area contributed by atoms with Crippen molar-refractivity contribution in [1.29, 1.82) is 0 Å². The second-order valence-corrected chi connectivity index (χ2v) is 5.27. The lowest BCUT2D eigenvalue weighted by molar-refractivity contribution is -0.115. The summed E-state index contributed by atoms with van der Waals surface area (Å²) in [5, 5.41) is 6.16. The van der Waals surface area contributed by atoms with Crippen LogP contribution in [0.5, 0.6) is 5.75 Å². The summed E-state index contributed by atoms with van der Waals surface area (Å²) in [6.45, 7) is 5.83. The van der Waals surface area contributed by atoms with E-state index in [4.69, 9.17) is 4.74 Å². The number of amides is 1. The van der Waals surface area contributed by atoms with Crippen LogP contribution < -0.4 is 15.4 Å². The molecular weight excluding hydrogens is 276 g/mol. The van der Waals surface area contributed by atoms with Crippen molar-refractivity contribution in [3.05, 3.63) is 48.5 Å². The Balaban J connectivity index is 2.09. The average Bonchev–Trinajstić information content (AvgIpc) is 2.50. The lowest BCUT2D eigenvalue weighted by atomic mass is 10.2. The van der Waals surface area contributed by atoms with Crippen molar-refractivity contribution in [3.8, 4) is 5.75 Å². The molecule has 4 heteroatoms. The van der Waals surface area contributed by atoms with Gasteiger partial charge in [0.25, 0.3) is 0 Å². The van der Waals surface area contributed by atoms with Crippen molar-refractivity contribution in [2.75, 3.05) is 10.6 Å². The zero-order valence-corrected chi connectivity index (χ0v) is 13.2. The number of ether oxygens (including phenoxy) is 1. The van der Waals surface area contributed by atoms with Gasteiger partial charge in [-0.1, -0.05) is 19.1 Å². The Morgan fingerprint density at radius 3 is 2.32 bits per heavy atom. The van der Waals surface area contributed by atoms with E-state index in [9.17, 15) is 4.79 Å². The number of nitrogens with one attached hydrogen (secondary N) is 2. The minimum Gasteiger partial charge on any atom is -0.489 e. The highest BCUT2D eigenvalue weighted by Gasteiger charge is 2.05. The first kappa shape index (κ1) is 15.9. The van der Waals surface area contributed by atoms with Gasteiger partial charge in [-0.2, -0.15) is 0 Å². The Hall–Kier alpha value is -2.49. The van der Waals surface area contributed by atoms with E-state index >= 15 is 0 Å². The SMILES string of the molecule is CCC(=O)Nc1ccc(Nc2ccccc2OC(C)C)cc1. The Morgan fingerprint density at radius 2 is 1.68 bits per heavy atom. The van der Waals surface area contributed by atoms with E-state index in [1.807, 2.05) is 69.3 Å². The average molecular weight is 298 g/mol. The van der Waals surface area contributed by atoms with E-state index in [-0.39, 0.29) is 12.0 Å². The van der Waals surface area contributed by atoms with Crippen molar-refractivity contribution in [2.45, 2.75) is 33.3 Å². The molecule has 2 aromatic rings. The summed E-state index contributed by atoms with van der Waals surface area (Å²) < 4.78 is 5.79. The maximum atomic E-state index is 11.4. The quantitative estimate of drug-likeness (QED) is 0.821. The molecular formula is C18H22N2O2. The van der Waals surface area contributed by atoms with E-state index in [1.165, 1.54) is 0 Å². The molecule has 0 unspecified atom stereocenters. The molecule has 0 aromatic heterocycles. The van der Waals surface area contributed by atoms with Crippen molar-refractivity contribution in [2.24, 2.45) is 0 Å². The topological polar surface area (TPSA) is 50.4 Å². The third-order valence-electron chi connectivity index (χ3n) is 3.02. The number of anilines is 3. The number of carbonyl (C=O) groups is 1. The smallest absolute Gasteiger partial charge is 0.224 e. The molecule has 4 nitrogen and oxygen atoms in total. The molecule has 2 N–H and O–H groups in total. The monoisotopic (exact) mass is 298 g/mol. The number of hydrogen-bond acceptors (Lipinski definition) is 3. The molecule has 116 valence electrons. The van der Waals surface area contributed by atoms with Crippen LogP contribution in [0.25, 0.3) is 0 Å². The largest absolute Gasteiger partial charge is 0.489 e. The van der Waals surface area contributed by atoms with Crippen LogP contribution in [0.1, 0.15) is 27.2 Å². The third-order valence-corrected chi connectivity index (χ3v) is 3.02. The van der Waals surface area contributed by atoms with E-state index in [1.54, 1.807) is 0 Å². The van der Waals surface area contributed by atoms with Gasteiger partial charge in [-0.05, 0) is 50.2 Å². The maximum Gasteiger partial charge on any atom is 0.224 e. The molecule has 0 fully saturated rings. The van der Waals surface area contributed by atoms with Crippen molar-refractivity contribution in [1.82, 2.24) is 0 Å². The van der Waals surface area contributed by atoms with Gasteiger partial charge in [0.2, 0.25) is 5.91 Å². The number of rotatable bonds is 6. The van der Waals surface area contributed by atoms with Crippen LogP contribution in [-0.4, -0.2) is 12.0 Å². The molecule has 0 aliphatic heterocycles. The van der Waals surface area contributed by atoms with Gasteiger partial charge in [-0.3, -0.25) is 4.79 Å². The molecule has 2 rings (SSSR count). The zero-order chi connectivity index (χ0) is 15.9. The first-order valence-corrected chi connectivity index (χ1v) is 7.51. The summed E-state index contributed by atoms with van der Waals surface area (Å²) in [7, 11) is 0. The molecule has 0 spiro atoms. The molecule has 22 heavy (non-hydrogen) atoms. The van der Waals surface area contributed by atoms with Gasteiger partial charge < -0.3 is 15.4 Å². The number of carbonyl (C=O) groups excluding carboxylic acids is 1.